The van der Waals surface area contributed by atoms with Crippen LogP contribution in [0.2, 0.25) is 0 Å². The highest BCUT2D eigenvalue weighted by atomic mass is 16.5. The molecule has 4 rings (SSSR count). The zero-order valence-electron chi connectivity index (χ0n) is 15.5. The van der Waals surface area contributed by atoms with Crippen molar-refractivity contribution >= 4 is 11.6 Å². The predicted octanol–water partition coefficient (Wildman–Crippen LogP) is 3.36. The fourth-order valence-corrected chi connectivity index (χ4v) is 2.63. The van der Waals surface area contributed by atoms with E-state index in [1.807, 2.05) is 42.5 Å². The van der Waals surface area contributed by atoms with Crippen molar-refractivity contribution in [3.8, 4) is 11.8 Å². The molecule has 0 aliphatic heterocycles. The van der Waals surface area contributed by atoms with Crippen molar-refractivity contribution in [1.82, 2.24) is 24.7 Å². The Morgan fingerprint density at radius 1 is 1.00 bits per heavy atom. The van der Waals surface area contributed by atoms with Crippen LogP contribution in [0.1, 0.15) is 15.9 Å². The van der Waals surface area contributed by atoms with Crippen LogP contribution in [0.15, 0.2) is 79.6 Å². The Morgan fingerprint density at radius 2 is 1.76 bits per heavy atom. The first-order chi connectivity index (χ1) is 14.3. The number of hydrogen-bond donors (Lipinski definition) is 1. The Morgan fingerprint density at radius 3 is 2.45 bits per heavy atom. The van der Waals surface area contributed by atoms with Crippen LogP contribution in [0.5, 0.6) is 11.8 Å². The number of para-hydroxylation sites is 1. The van der Waals surface area contributed by atoms with E-state index in [9.17, 15) is 4.79 Å². The molecule has 0 radical (unpaired) electrons. The lowest BCUT2D eigenvalue weighted by molar-refractivity contribution is 0.102. The summed E-state index contributed by atoms with van der Waals surface area (Å²) in [5, 5.41) is 6.92. The van der Waals surface area contributed by atoms with Crippen LogP contribution in [-0.4, -0.2) is 30.6 Å². The van der Waals surface area contributed by atoms with Crippen molar-refractivity contribution in [3.63, 3.8) is 0 Å². The van der Waals surface area contributed by atoms with Gasteiger partial charge in [-0.2, -0.15) is 5.10 Å². The average molecular weight is 386 g/mol. The first kappa shape index (κ1) is 18.3. The molecule has 0 bridgehead atoms. The van der Waals surface area contributed by atoms with Crippen molar-refractivity contribution in [2.45, 2.75) is 13.0 Å². The Bertz CT molecular complexity index is 1050. The van der Waals surface area contributed by atoms with E-state index >= 15 is 0 Å². The number of anilines is 1. The van der Waals surface area contributed by atoms with Crippen molar-refractivity contribution < 1.29 is 9.53 Å². The Balaban J connectivity index is 1.32. The van der Waals surface area contributed by atoms with Gasteiger partial charge in [-0.05, 0) is 36.2 Å². The van der Waals surface area contributed by atoms with E-state index in [0.29, 0.717) is 17.0 Å². The molecule has 0 spiro atoms. The quantitative estimate of drug-likeness (QED) is 0.523. The summed E-state index contributed by atoms with van der Waals surface area (Å²) < 4.78 is 7.31. The molecular weight excluding hydrogens is 368 g/mol. The lowest BCUT2D eigenvalue weighted by Crippen LogP contribution is -2.12. The van der Waals surface area contributed by atoms with E-state index in [4.69, 9.17) is 4.74 Å². The molecule has 4 aromatic rings. The number of aromatic nitrogens is 5. The molecule has 2 aromatic heterocycles. The summed E-state index contributed by atoms with van der Waals surface area (Å²) in [7, 11) is 0. The number of rotatable bonds is 7. The number of nitrogens with one attached hydrogen (secondary N) is 1. The molecule has 0 aliphatic carbocycles. The van der Waals surface area contributed by atoms with E-state index in [1.165, 1.54) is 18.7 Å². The molecule has 29 heavy (non-hydrogen) atoms. The summed E-state index contributed by atoms with van der Waals surface area (Å²) in [6.45, 7) is 0.750. The summed E-state index contributed by atoms with van der Waals surface area (Å²) in [6, 6.07) is 17.1. The molecule has 0 atom stereocenters. The van der Waals surface area contributed by atoms with Crippen LogP contribution in [0.25, 0.3) is 0 Å². The molecule has 0 aliphatic rings. The van der Waals surface area contributed by atoms with Gasteiger partial charge >= 0.3 is 6.01 Å². The second-order valence-corrected chi connectivity index (χ2v) is 6.23. The molecule has 8 heteroatoms. The third kappa shape index (κ3) is 5.01. The van der Waals surface area contributed by atoms with E-state index in [-0.39, 0.29) is 11.9 Å². The third-order valence-electron chi connectivity index (χ3n) is 4.15. The molecule has 2 heterocycles. The van der Waals surface area contributed by atoms with Crippen LogP contribution >= 0.6 is 0 Å². The number of carbonyl (C=O) groups excluding carboxylic acids is 1. The van der Waals surface area contributed by atoms with Gasteiger partial charge in [-0.3, -0.25) is 9.48 Å². The fraction of sp³-hybridized carbons (Fsp3) is 0.0952. The lowest BCUT2D eigenvalue weighted by Gasteiger charge is -2.07. The van der Waals surface area contributed by atoms with E-state index in [1.54, 1.807) is 23.1 Å². The number of carbonyl (C=O) groups is 1. The van der Waals surface area contributed by atoms with E-state index in [0.717, 1.165) is 18.5 Å². The minimum Gasteiger partial charge on any atom is -0.424 e. The highest BCUT2D eigenvalue weighted by molar-refractivity contribution is 6.03. The van der Waals surface area contributed by atoms with Crippen molar-refractivity contribution in [2.75, 3.05) is 5.32 Å². The van der Waals surface area contributed by atoms with Gasteiger partial charge in [0.2, 0.25) is 0 Å². The maximum atomic E-state index is 12.4. The number of nitrogens with zero attached hydrogens (tertiary/aromatic N) is 5. The monoisotopic (exact) mass is 386 g/mol. The third-order valence-corrected chi connectivity index (χ3v) is 4.15. The minimum absolute atomic E-state index is 0.185. The van der Waals surface area contributed by atoms with Crippen LogP contribution in [0.3, 0.4) is 0 Å². The molecule has 0 unspecified atom stereocenters. The Labute approximate surface area is 167 Å². The van der Waals surface area contributed by atoms with Gasteiger partial charge < -0.3 is 10.1 Å². The largest absolute Gasteiger partial charge is 0.424 e. The number of benzene rings is 2. The zero-order valence-corrected chi connectivity index (χ0v) is 15.5. The standard InChI is InChI=1S/C21H18N6O2/c28-20(17-12-23-21(24-13-17)29-19-4-2-1-3-5-19)26-18-8-6-16(7-9-18)10-11-27-15-22-14-25-27/h1-9,12-15H,10-11H2,(H,26,28). The topological polar surface area (TPSA) is 94.8 Å². The van der Waals surface area contributed by atoms with Gasteiger partial charge in [0.15, 0.2) is 0 Å². The maximum Gasteiger partial charge on any atom is 0.321 e. The van der Waals surface area contributed by atoms with Crippen LogP contribution in [-0.2, 0) is 13.0 Å². The van der Waals surface area contributed by atoms with Gasteiger partial charge in [0.25, 0.3) is 5.91 Å². The Kier molecular flexibility index (Phi) is 5.52. The summed E-state index contributed by atoms with van der Waals surface area (Å²) in [6.07, 6.45) is 6.91. The molecule has 0 saturated heterocycles. The van der Waals surface area contributed by atoms with E-state index < -0.39 is 0 Å². The van der Waals surface area contributed by atoms with Crippen molar-refractivity contribution in [3.05, 3.63) is 90.8 Å². The smallest absolute Gasteiger partial charge is 0.321 e. The second kappa shape index (κ2) is 8.75. The summed E-state index contributed by atoms with van der Waals surface area (Å²) >= 11 is 0. The van der Waals surface area contributed by atoms with Gasteiger partial charge in [-0.25, -0.2) is 15.0 Å². The van der Waals surface area contributed by atoms with Crippen LogP contribution < -0.4 is 10.1 Å². The number of ether oxygens (including phenoxy) is 1. The zero-order chi connectivity index (χ0) is 19.9. The first-order valence-electron chi connectivity index (χ1n) is 9.04. The summed E-state index contributed by atoms with van der Waals surface area (Å²) in [4.78, 5) is 24.5. The normalized spacial score (nSPS) is 10.5. The van der Waals surface area contributed by atoms with Crippen molar-refractivity contribution in [2.24, 2.45) is 0 Å². The van der Waals surface area contributed by atoms with Crippen LogP contribution in [0, 0.1) is 0 Å². The second-order valence-electron chi connectivity index (χ2n) is 6.23. The summed E-state index contributed by atoms with van der Waals surface area (Å²) in [5.41, 5.74) is 2.19. The molecule has 0 fully saturated rings. The molecule has 1 N–H and O–H groups in total. The lowest BCUT2D eigenvalue weighted by atomic mass is 10.1. The molecule has 2 aromatic carbocycles. The van der Waals surface area contributed by atoms with Crippen molar-refractivity contribution in [1.29, 1.82) is 0 Å². The van der Waals surface area contributed by atoms with Crippen LogP contribution in [0.4, 0.5) is 5.69 Å². The van der Waals surface area contributed by atoms with Gasteiger partial charge in [-0.15, -0.1) is 0 Å². The number of hydrogen-bond acceptors (Lipinski definition) is 6. The fourth-order valence-electron chi connectivity index (χ4n) is 2.63. The van der Waals surface area contributed by atoms with Gasteiger partial charge in [-0.1, -0.05) is 30.3 Å². The maximum absolute atomic E-state index is 12.4. The molecule has 8 nitrogen and oxygen atoms in total. The first-order valence-corrected chi connectivity index (χ1v) is 9.04. The molecule has 1 amide bonds. The van der Waals surface area contributed by atoms with Gasteiger partial charge in [0.05, 0.1) is 5.56 Å². The predicted molar refractivity (Wildman–Crippen MR) is 107 cm³/mol. The highest BCUT2D eigenvalue weighted by Crippen LogP contribution is 2.17. The summed E-state index contributed by atoms with van der Waals surface area (Å²) in [5.74, 6) is 0.347. The van der Waals surface area contributed by atoms with Gasteiger partial charge in [0, 0.05) is 24.6 Å². The SMILES string of the molecule is O=C(Nc1ccc(CCn2cncn2)cc1)c1cnc(Oc2ccccc2)nc1. The highest BCUT2D eigenvalue weighted by Gasteiger charge is 2.09. The molecular formula is C21H18N6O2. The average Bonchev–Trinajstić information content (AvgIpc) is 3.28. The molecule has 144 valence electrons. The van der Waals surface area contributed by atoms with E-state index in [2.05, 4.69) is 25.4 Å². The molecule has 0 saturated carbocycles. The van der Waals surface area contributed by atoms with Gasteiger partial charge in [0.1, 0.15) is 18.4 Å². The number of amides is 1. The minimum atomic E-state index is -0.286. The number of aryl methyl sites for hydroxylation is 2. The Hall–Kier alpha value is -4.07.